The van der Waals surface area contributed by atoms with Crippen LogP contribution in [0.1, 0.15) is 0 Å². The molecule has 1 radical (unpaired) electrons. The normalized spacial score (nSPS) is 9.25. The molecule has 1 rings (SSSR count). The number of hydrogen-bond donors (Lipinski definition) is 0. The van der Waals surface area contributed by atoms with Crippen LogP contribution in [0.2, 0.25) is 0 Å². The molecule has 8 heavy (non-hydrogen) atoms. The second kappa shape index (κ2) is 2.22. The molecule has 0 bridgehead atoms. The average molecular weight is 175 g/mol. The molecule has 1 aromatic heterocycles. The highest BCUT2D eigenvalue weighted by Crippen LogP contribution is 2.04. The number of halogens is 2. The Morgan fingerprint density at radius 2 is 2.50 bits per heavy atom. The summed E-state index contributed by atoms with van der Waals surface area (Å²) in [6.07, 6.45) is 1.28. The van der Waals surface area contributed by atoms with E-state index in [1.54, 1.807) is 0 Å². The minimum Gasteiger partial charge on any atom is -0.249 e. The van der Waals surface area contributed by atoms with Gasteiger partial charge in [-0.05, 0) is 15.9 Å². The van der Waals surface area contributed by atoms with Gasteiger partial charge in [0.1, 0.15) is 10.4 Å². The van der Waals surface area contributed by atoms with Gasteiger partial charge in [-0.15, -0.1) is 0 Å². The van der Waals surface area contributed by atoms with Gasteiger partial charge in [-0.3, -0.25) is 0 Å². The third-order valence-electron chi connectivity index (χ3n) is 0.636. The Balaban J connectivity index is 3.08. The number of pyridine rings is 1. The van der Waals surface area contributed by atoms with E-state index in [1.807, 2.05) is 0 Å². The van der Waals surface area contributed by atoms with E-state index in [0.29, 0.717) is 4.60 Å². The van der Waals surface area contributed by atoms with E-state index in [0.717, 1.165) is 0 Å². The van der Waals surface area contributed by atoms with Crippen LogP contribution in [0.3, 0.4) is 0 Å². The average Bonchev–Trinajstić information content (AvgIpc) is 1.64. The zero-order valence-corrected chi connectivity index (χ0v) is 5.44. The van der Waals surface area contributed by atoms with Crippen LogP contribution in [0, 0.1) is 11.9 Å². The quantitative estimate of drug-likeness (QED) is 0.547. The van der Waals surface area contributed by atoms with Crippen molar-refractivity contribution < 1.29 is 4.39 Å². The molecule has 0 aliphatic rings. The van der Waals surface area contributed by atoms with E-state index in [4.69, 9.17) is 0 Å². The first-order chi connectivity index (χ1) is 3.79. The Bertz CT molecular complexity index is 172. The lowest BCUT2D eigenvalue weighted by Gasteiger charge is -1.84. The molecule has 0 saturated carbocycles. The number of aromatic nitrogens is 1. The molecular formula is C5H2BrFN. The fourth-order valence-electron chi connectivity index (χ4n) is 0.339. The molecule has 41 valence electrons. The Labute approximate surface area is 54.7 Å². The highest BCUT2D eigenvalue weighted by Gasteiger charge is 1.88. The van der Waals surface area contributed by atoms with E-state index in [1.165, 1.54) is 12.3 Å². The van der Waals surface area contributed by atoms with Crippen molar-refractivity contribution in [3.05, 3.63) is 28.7 Å². The molecule has 0 aliphatic carbocycles. The van der Waals surface area contributed by atoms with E-state index < -0.39 is 5.82 Å². The van der Waals surface area contributed by atoms with E-state index in [2.05, 4.69) is 27.0 Å². The fourth-order valence-corrected chi connectivity index (χ4v) is 0.642. The van der Waals surface area contributed by atoms with Gasteiger partial charge >= 0.3 is 0 Å². The maximum absolute atomic E-state index is 12.0. The number of nitrogens with zero attached hydrogens (tertiary/aromatic N) is 1. The lowest BCUT2D eigenvalue weighted by atomic mass is 10.5. The second-order valence-corrected chi connectivity index (χ2v) is 2.03. The first-order valence-corrected chi connectivity index (χ1v) is 2.77. The summed E-state index contributed by atoms with van der Waals surface area (Å²) in [5.74, 6) is -0.396. The lowest BCUT2D eigenvalue weighted by Crippen LogP contribution is -1.75. The van der Waals surface area contributed by atoms with E-state index >= 15 is 0 Å². The van der Waals surface area contributed by atoms with Gasteiger partial charge in [0.05, 0.1) is 0 Å². The van der Waals surface area contributed by atoms with Crippen LogP contribution in [-0.2, 0) is 0 Å². The molecular weight excluding hydrogens is 173 g/mol. The topological polar surface area (TPSA) is 12.9 Å². The van der Waals surface area contributed by atoms with Crippen molar-refractivity contribution in [3.8, 4) is 0 Å². The molecule has 1 aromatic rings. The first kappa shape index (κ1) is 5.69. The molecule has 0 saturated heterocycles. The largest absolute Gasteiger partial charge is 0.249 e. The Hall–Kier alpha value is -0.440. The molecule has 0 amide bonds. The van der Waals surface area contributed by atoms with E-state index in [9.17, 15) is 4.39 Å². The molecule has 1 heterocycles. The Kier molecular flexibility index (Phi) is 1.58. The van der Waals surface area contributed by atoms with Crippen LogP contribution in [-0.4, -0.2) is 4.98 Å². The van der Waals surface area contributed by atoms with Crippen LogP contribution in [0.25, 0.3) is 0 Å². The van der Waals surface area contributed by atoms with Gasteiger partial charge in [0.2, 0.25) is 0 Å². The third-order valence-corrected chi connectivity index (χ3v) is 1.07. The van der Waals surface area contributed by atoms with Crippen molar-refractivity contribution in [2.24, 2.45) is 0 Å². The van der Waals surface area contributed by atoms with Gasteiger partial charge in [0.25, 0.3) is 0 Å². The Morgan fingerprint density at radius 1 is 1.75 bits per heavy atom. The number of rotatable bonds is 0. The van der Waals surface area contributed by atoms with Gasteiger partial charge < -0.3 is 0 Å². The van der Waals surface area contributed by atoms with Crippen molar-refractivity contribution in [2.45, 2.75) is 0 Å². The SMILES string of the molecule is Fc1[c]cnc(Br)c1. The van der Waals surface area contributed by atoms with Crippen LogP contribution < -0.4 is 0 Å². The predicted molar refractivity (Wildman–Crippen MR) is 30.7 cm³/mol. The summed E-state index contributed by atoms with van der Waals surface area (Å²) in [5, 5.41) is 0. The minimum absolute atomic E-state index is 0.396. The lowest BCUT2D eigenvalue weighted by molar-refractivity contribution is 0.622. The molecule has 0 aromatic carbocycles. The molecule has 0 N–H and O–H groups in total. The molecule has 1 nitrogen and oxygen atoms in total. The molecule has 0 aliphatic heterocycles. The van der Waals surface area contributed by atoms with Crippen molar-refractivity contribution in [2.75, 3.05) is 0 Å². The van der Waals surface area contributed by atoms with Crippen LogP contribution in [0.4, 0.5) is 4.39 Å². The number of hydrogen-bond acceptors (Lipinski definition) is 1. The van der Waals surface area contributed by atoms with Crippen LogP contribution in [0.15, 0.2) is 16.9 Å². The van der Waals surface area contributed by atoms with Crippen LogP contribution in [0.5, 0.6) is 0 Å². The van der Waals surface area contributed by atoms with Crippen molar-refractivity contribution in [3.63, 3.8) is 0 Å². The van der Waals surface area contributed by atoms with Gasteiger partial charge in [-0.2, -0.15) is 0 Å². The zero-order chi connectivity index (χ0) is 5.98. The molecule has 0 unspecified atom stereocenters. The van der Waals surface area contributed by atoms with Crippen molar-refractivity contribution >= 4 is 15.9 Å². The zero-order valence-electron chi connectivity index (χ0n) is 3.86. The maximum Gasteiger partial charge on any atom is 0.135 e. The summed E-state index contributed by atoms with van der Waals surface area (Å²) in [4.78, 5) is 3.66. The second-order valence-electron chi connectivity index (χ2n) is 1.22. The highest BCUT2D eigenvalue weighted by molar-refractivity contribution is 9.10. The standard InChI is InChI=1S/C5H2BrFN/c6-5-3-4(7)1-2-8-5/h2-3H. The summed E-state index contributed by atoms with van der Waals surface area (Å²) in [7, 11) is 0. The molecule has 3 heteroatoms. The third kappa shape index (κ3) is 1.26. The summed E-state index contributed by atoms with van der Waals surface area (Å²) < 4.78 is 12.5. The maximum atomic E-state index is 12.0. The van der Waals surface area contributed by atoms with Gasteiger partial charge in [0.15, 0.2) is 0 Å². The highest BCUT2D eigenvalue weighted by atomic mass is 79.9. The summed E-state index contributed by atoms with van der Waals surface area (Å²) in [6.45, 7) is 0. The van der Waals surface area contributed by atoms with Gasteiger partial charge in [-0.1, -0.05) is 0 Å². The monoisotopic (exact) mass is 174 g/mol. The summed E-state index contributed by atoms with van der Waals surface area (Å²) in [5.41, 5.74) is 0. The predicted octanol–water partition coefficient (Wildman–Crippen LogP) is 1.78. The smallest absolute Gasteiger partial charge is 0.135 e. The van der Waals surface area contributed by atoms with Gasteiger partial charge in [-0.25, -0.2) is 9.37 Å². The molecule has 0 spiro atoms. The Morgan fingerprint density at radius 3 is 2.88 bits per heavy atom. The van der Waals surface area contributed by atoms with Crippen molar-refractivity contribution in [1.82, 2.24) is 4.98 Å². The molecule has 0 atom stereocenters. The van der Waals surface area contributed by atoms with E-state index in [-0.39, 0.29) is 0 Å². The van der Waals surface area contributed by atoms with Gasteiger partial charge in [0, 0.05) is 18.3 Å². The first-order valence-electron chi connectivity index (χ1n) is 1.98. The summed E-state index contributed by atoms with van der Waals surface area (Å²) in [6, 6.07) is 3.51. The van der Waals surface area contributed by atoms with Crippen LogP contribution >= 0.6 is 15.9 Å². The summed E-state index contributed by atoms with van der Waals surface area (Å²) >= 11 is 2.99. The fraction of sp³-hybridized carbons (Fsp3) is 0. The molecule has 0 fully saturated rings. The van der Waals surface area contributed by atoms with Crippen molar-refractivity contribution in [1.29, 1.82) is 0 Å². The minimum atomic E-state index is -0.396.